The van der Waals surface area contributed by atoms with Crippen molar-refractivity contribution in [2.75, 3.05) is 50.8 Å². The van der Waals surface area contributed by atoms with Crippen LogP contribution in [0.2, 0.25) is 0 Å². The maximum atomic E-state index is 4.89. The molecule has 3 aromatic heterocycles. The van der Waals surface area contributed by atoms with E-state index in [0.29, 0.717) is 18.0 Å². The molecular weight excluding hydrogens is 434 g/mol. The van der Waals surface area contributed by atoms with Crippen LogP contribution < -0.4 is 10.2 Å². The summed E-state index contributed by atoms with van der Waals surface area (Å²) < 4.78 is 2.01. The number of aromatic nitrogens is 3. The number of anilines is 1. The Kier molecular flexibility index (Phi) is 7.37. The monoisotopic (exact) mass is 475 g/mol. The quantitative estimate of drug-likeness (QED) is 0.556. The number of hydrogen-bond donors (Lipinski definition) is 1. The minimum atomic E-state index is 0.520. The molecule has 2 aliphatic heterocycles. The highest BCUT2D eigenvalue weighted by atomic mass is 15.3. The Morgan fingerprint density at radius 3 is 2.57 bits per heavy atom. The zero-order chi connectivity index (χ0) is 24.4. The maximum absolute atomic E-state index is 4.89. The number of hydrogen-bond acceptors (Lipinski definition) is 6. The first-order valence-electron chi connectivity index (χ1n) is 13.4. The minimum absolute atomic E-state index is 0.520. The first kappa shape index (κ1) is 24.2. The predicted molar refractivity (Wildman–Crippen MR) is 144 cm³/mol. The number of rotatable bonds is 7. The predicted octanol–water partition coefficient (Wildman–Crippen LogP) is 4.06. The first-order chi connectivity index (χ1) is 17.0. The molecule has 0 spiro atoms. The van der Waals surface area contributed by atoms with Gasteiger partial charge in [0.25, 0.3) is 0 Å². The Labute approximate surface area is 210 Å². The molecule has 3 aromatic rings. The lowest BCUT2D eigenvalue weighted by molar-refractivity contribution is 0.167. The van der Waals surface area contributed by atoms with E-state index in [1.54, 1.807) is 0 Å². The van der Waals surface area contributed by atoms with Crippen LogP contribution in [0, 0.1) is 0 Å². The summed E-state index contributed by atoms with van der Waals surface area (Å²) in [5, 5.41) is 8.14. The highest BCUT2D eigenvalue weighted by Gasteiger charge is 2.23. The summed E-state index contributed by atoms with van der Waals surface area (Å²) in [6, 6.07) is 10.0. The zero-order valence-electron chi connectivity index (χ0n) is 21.8. The van der Waals surface area contributed by atoms with Crippen LogP contribution in [-0.4, -0.2) is 82.4 Å². The molecule has 0 saturated carbocycles. The van der Waals surface area contributed by atoms with E-state index < -0.39 is 0 Å². The third-order valence-electron chi connectivity index (χ3n) is 7.66. The van der Waals surface area contributed by atoms with Gasteiger partial charge in [0.1, 0.15) is 0 Å². The summed E-state index contributed by atoms with van der Waals surface area (Å²) in [6.07, 6.45) is 8.66. The van der Waals surface area contributed by atoms with Gasteiger partial charge in [-0.1, -0.05) is 6.07 Å². The van der Waals surface area contributed by atoms with E-state index in [0.717, 1.165) is 56.2 Å². The molecule has 188 valence electrons. The number of piperazine rings is 1. The first-order valence-corrected chi connectivity index (χ1v) is 13.4. The lowest BCUT2D eigenvalue weighted by Crippen LogP contribution is -2.50. The second kappa shape index (κ2) is 10.6. The van der Waals surface area contributed by atoms with Crippen molar-refractivity contribution in [2.45, 2.75) is 58.5 Å². The van der Waals surface area contributed by atoms with E-state index in [4.69, 9.17) is 4.98 Å². The van der Waals surface area contributed by atoms with Crippen molar-refractivity contribution in [1.82, 2.24) is 29.7 Å². The molecule has 5 rings (SSSR count). The van der Waals surface area contributed by atoms with Gasteiger partial charge in [0, 0.05) is 75.6 Å². The molecule has 1 atom stereocenters. The van der Waals surface area contributed by atoms with Gasteiger partial charge < -0.3 is 15.1 Å². The molecule has 2 fully saturated rings. The van der Waals surface area contributed by atoms with Crippen LogP contribution in [0.5, 0.6) is 0 Å². The van der Waals surface area contributed by atoms with Gasteiger partial charge in [0.2, 0.25) is 0 Å². The fourth-order valence-corrected chi connectivity index (χ4v) is 5.43. The van der Waals surface area contributed by atoms with Gasteiger partial charge in [-0.2, -0.15) is 5.10 Å². The zero-order valence-corrected chi connectivity index (χ0v) is 21.8. The van der Waals surface area contributed by atoms with E-state index in [2.05, 4.69) is 89.5 Å². The SMILES string of the molecule is CC(C)NCN1CCN(c2ccnn3cc(-c4ccc([C@@H]5CCCN(C(C)C)C5)cn4)cc23)CC1. The second-order valence-electron chi connectivity index (χ2n) is 10.8. The lowest BCUT2D eigenvalue weighted by Gasteiger charge is -2.36. The van der Waals surface area contributed by atoms with E-state index >= 15 is 0 Å². The van der Waals surface area contributed by atoms with Gasteiger partial charge in [-0.25, -0.2) is 4.52 Å². The molecule has 5 heterocycles. The van der Waals surface area contributed by atoms with Crippen LogP contribution in [0.4, 0.5) is 5.69 Å². The average molecular weight is 476 g/mol. The molecule has 0 amide bonds. The number of pyridine rings is 1. The second-order valence-corrected chi connectivity index (χ2v) is 10.8. The van der Waals surface area contributed by atoms with Crippen molar-refractivity contribution in [2.24, 2.45) is 0 Å². The van der Waals surface area contributed by atoms with Crippen LogP contribution in [0.15, 0.2) is 42.9 Å². The number of fused-ring (bicyclic) bond motifs is 1. The Morgan fingerprint density at radius 2 is 1.86 bits per heavy atom. The van der Waals surface area contributed by atoms with Crippen LogP contribution >= 0.6 is 0 Å². The molecule has 35 heavy (non-hydrogen) atoms. The number of piperidine rings is 1. The smallest absolute Gasteiger partial charge is 0.0887 e. The van der Waals surface area contributed by atoms with Crippen LogP contribution in [0.25, 0.3) is 16.8 Å². The summed E-state index contributed by atoms with van der Waals surface area (Å²) in [4.78, 5) is 12.5. The van der Waals surface area contributed by atoms with Gasteiger partial charge in [0.05, 0.1) is 16.9 Å². The van der Waals surface area contributed by atoms with Crippen LogP contribution in [0.1, 0.15) is 52.0 Å². The fraction of sp³-hybridized carbons (Fsp3) is 0.571. The molecule has 0 bridgehead atoms. The average Bonchev–Trinajstić information content (AvgIpc) is 3.32. The molecule has 0 unspecified atom stereocenters. The van der Waals surface area contributed by atoms with Gasteiger partial charge in [-0.3, -0.25) is 9.88 Å². The number of nitrogens with zero attached hydrogens (tertiary/aromatic N) is 6. The molecule has 7 nitrogen and oxygen atoms in total. The van der Waals surface area contributed by atoms with Crippen molar-refractivity contribution >= 4 is 11.2 Å². The Bertz CT molecular complexity index is 1100. The number of likely N-dealkylation sites (tertiary alicyclic amines) is 1. The molecule has 1 N–H and O–H groups in total. The van der Waals surface area contributed by atoms with Crippen molar-refractivity contribution in [1.29, 1.82) is 0 Å². The number of nitrogens with one attached hydrogen (secondary N) is 1. The molecular formula is C28H41N7. The summed E-state index contributed by atoms with van der Waals surface area (Å²) in [6.45, 7) is 16.5. The van der Waals surface area contributed by atoms with Gasteiger partial charge in [-0.15, -0.1) is 0 Å². The van der Waals surface area contributed by atoms with Gasteiger partial charge in [-0.05, 0) is 76.8 Å². The highest BCUT2D eigenvalue weighted by molar-refractivity contribution is 5.79. The summed E-state index contributed by atoms with van der Waals surface area (Å²) >= 11 is 0. The van der Waals surface area contributed by atoms with Crippen molar-refractivity contribution in [3.8, 4) is 11.3 Å². The largest absolute Gasteiger partial charge is 0.367 e. The molecule has 0 aliphatic carbocycles. The van der Waals surface area contributed by atoms with Crippen molar-refractivity contribution < 1.29 is 0 Å². The van der Waals surface area contributed by atoms with Crippen molar-refractivity contribution in [3.63, 3.8) is 0 Å². The third-order valence-corrected chi connectivity index (χ3v) is 7.66. The Balaban J connectivity index is 1.30. The topological polar surface area (TPSA) is 51.9 Å². The van der Waals surface area contributed by atoms with Gasteiger partial charge in [0.15, 0.2) is 0 Å². The molecule has 7 heteroatoms. The molecule has 0 aromatic carbocycles. The third kappa shape index (κ3) is 5.52. The molecule has 2 saturated heterocycles. The summed E-state index contributed by atoms with van der Waals surface area (Å²) in [5.74, 6) is 0.587. The fourth-order valence-electron chi connectivity index (χ4n) is 5.43. The summed E-state index contributed by atoms with van der Waals surface area (Å²) in [5.41, 5.74) is 5.93. The lowest BCUT2D eigenvalue weighted by atomic mass is 9.91. The highest BCUT2D eigenvalue weighted by Crippen LogP contribution is 2.31. The standard InChI is InChI=1S/C28H41N7/c1-21(2)30-20-32-12-14-33(15-13-32)27-9-10-31-35-19-25(16-28(27)35)26-8-7-23(17-29-26)24-6-5-11-34(18-24)22(3)4/h7-10,16-17,19,21-22,24,30H,5-6,11-15,18,20H2,1-4H3/t24-/m1/s1. The molecule has 0 radical (unpaired) electrons. The minimum Gasteiger partial charge on any atom is -0.367 e. The Hall–Kier alpha value is -2.48. The molecule has 2 aliphatic rings. The van der Waals surface area contributed by atoms with Crippen molar-refractivity contribution in [3.05, 3.63) is 48.4 Å². The van der Waals surface area contributed by atoms with E-state index in [-0.39, 0.29) is 0 Å². The van der Waals surface area contributed by atoms with E-state index in [1.807, 2.05) is 10.7 Å². The van der Waals surface area contributed by atoms with E-state index in [1.165, 1.54) is 30.6 Å². The van der Waals surface area contributed by atoms with E-state index in [9.17, 15) is 0 Å². The van der Waals surface area contributed by atoms with Gasteiger partial charge >= 0.3 is 0 Å². The van der Waals surface area contributed by atoms with Crippen LogP contribution in [-0.2, 0) is 0 Å². The van der Waals surface area contributed by atoms with Crippen LogP contribution in [0.3, 0.4) is 0 Å². The normalized spacial score (nSPS) is 20.4. The Morgan fingerprint density at radius 1 is 1.03 bits per heavy atom. The summed E-state index contributed by atoms with van der Waals surface area (Å²) in [7, 11) is 0. The maximum Gasteiger partial charge on any atom is 0.0887 e.